The van der Waals surface area contributed by atoms with Gasteiger partial charge >= 0.3 is 5.97 Å². The summed E-state index contributed by atoms with van der Waals surface area (Å²) in [5, 5.41) is 7.00. The van der Waals surface area contributed by atoms with Crippen LogP contribution in [0.4, 0.5) is 10.7 Å². The minimum atomic E-state index is -0.515. The third-order valence-corrected chi connectivity index (χ3v) is 5.62. The second kappa shape index (κ2) is 8.49. The van der Waals surface area contributed by atoms with Gasteiger partial charge in [0, 0.05) is 19.8 Å². The molecule has 0 atom stereocenters. The van der Waals surface area contributed by atoms with Crippen LogP contribution in [-0.4, -0.2) is 43.1 Å². The standard InChI is InChI=1S/C19H23N3O3S2/c1-10-8-7-9-13(11(10)2)20-19(26)21-16-14(18(24)25-6)12(3)15(27-16)17(23)22(4)5/h7-9H,1-6H3,(H2,20,21,26). The number of aryl methyl sites for hydroxylation is 1. The van der Waals surface area contributed by atoms with Gasteiger partial charge in [-0.3, -0.25) is 4.79 Å². The van der Waals surface area contributed by atoms with Gasteiger partial charge < -0.3 is 20.3 Å². The molecule has 1 amide bonds. The Bertz CT molecular complexity index is 904. The number of carbonyl (C=O) groups excluding carboxylic acids is 2. The molecule has 0 unspecified atom stereocenters. The van der Waals surface area contributed by atoms with Crippen LogP contribution in [0.1, 0.15) is 36.7 Å². The van der Waals surface area contributed by atoms with E-state index in [1.807, 2.05) is 32.0 Å². The van der Waals surface area contributed by atoms with E-state index >= 15 is 0 Å². The van der Waals surface area contributed by atoms with Crippen LogP contribution < -0.4 is 10.6 Å². The Labute approximate surface area is 168 Å². The first-order valence-electron chi connectivity index (χ1n) is 8.25. The number of hydrogen-bond donors (Lipinski definition) is 2. The number of anilines is 2. The van der Waals surface area contributed by atoms with Crippen molar-refractivity contribution in [3.63, 3.8) is 0 Å². The Morgan fingerprint density at radius 3 is 2.37 bits per heavy atom. The number of carbonyl (C=O) groups is 2. The van der Waals surface area contributed by atoms with Crippen molar-refractivity contribution < 1.29 is 14.3 Å². The lowest BCUT2D eigenvalue weighted by atomic mass is 10.1. The van der Waals surface area contributed by atoms with Crippen molar-refractivity contribution in [2.75, 3.05) is 31.8 Å². The molecular formula is C19H23N3O3S2. The third kappa shape index (κ3) is 4.45. The largest absolute Gasteiger partial charge is 0.465 e. The molecule has 0 spiro atoms. The summed E-state index contributed by atoms with van der Waals surface area (Å²) in [6.45, 7) is 5.75. The summed E-state index contributed by atoms with van der Waals surface area (Å²) in [5.41, 5.74) is 4.00. The fourth-order valence-corrected chi connectivity index (χ4v) is 4.00. The van der Waals surface area contributed by atoms with E-state index in [9.17, 15) is 9.59 Å². The van der Waals surface area contributed by atoms with Gasteiger partial charge in [0.25, 0.3) is 5.91 Å². The third-order valence-electron chi connectivity index (χ3n) is 4.22. The smallest absolute Gasteiger partial charge is 0.341 e. The van der Waals surface area contributed by atoms with Gasteiger partial charge in [-0.15, -0.1) is 11.3 Å². The first-order chi connectivity index (χ1) is 12.7. The van der Waals surface area contributed by atoms with Crippen molar-refractivity contribution in [1.82, 2.24) is 4.90 Å². The van der Waals surface area contributed by atoms with Crippen molar-refractivity contribution in [3.05, 3.63) is 45.3 Å². The van der Waals surface area contributed by atoms with Crippen LogP contribution in [-0.2, 0) is 4.74 Å². The summed E-state index contributed by atoms with van der Waals surface area (Å²) >= 11 is 6.59. The zero-order valence-electron chi connectivity index (χ0n) is 16.2. The second-order valence-electron chi connectivity index (χ2n) is 6.28. The van der Waals surface area contributed by atoms with Crippen molar-refractivity contribution in [3.8, 4) is 0 Å². The minimum absolute atomic E-state index is 0.177. The van der Waals surface area contributed by atoms with Gasteiger partial charge in [0.2, 0.25) is 0 Å². The van der Waals surface area contributed by atoms with Gasteiger partial charge in [-0.1, -0.05) is 12.1 Å². The molecule has 0 radical (unpaired) electrons. The van der Waals surface area contributed by atoms with Crippen molar-refractivity contribution in [2.24, 2.45) is 0 Å². The molecule has 1 aromatic carbocycles. The Balaban J connectivity index is 2.35. The molecule has 144 valence electrons. The van der Waals surface area contributed by atoms with E-state index in [0.717, 1.165) is 16.8 Å². The lowest BCUT2D eigenvalue weighted by Crippen LogP contribution is -2.21. The highest BCUT2D eigenvalue weighted by atomic mass is 32.1. The molecule has 2 N–H and O–H groups in total. The molecule has 0 saturated carbocycles. The number of hydrogen-bond acceptors (Lipinski definition) is 5. The number of amides is 1. The number of thiocarbonyl (C=S) groups is 1. The maximum atomic E-state index is 12.4. The first-order valence-corrected chi connectivity index (χ1v) is 9.47. The molecule has 0 aliphatic heterocycles. The highest BCUT2D eigenvalue weighted by Crippen LogP contribution is 2.34. The summed E-state index contributed by atoms with van der Waals surface area (Å²) in [6.07, 6.45) is 0. The predicted molar refractivity (Wildman–Crippen MR) is 114 cm³/mol. The zero-order chi connectivity index (χ0) is 20.3. The van der Waals surface area contributed by atoms with Crippen LogP contribution in [0.15, 0.2) is 18.2 Å². The molecule has 27 heavy (non-hydrogen) atoms. The summed E-state index contributed by atoms with van der Waals surface area (Å²) in [5.74, 6) is -0.692. The maximum absolute atomic E-state index is 12.4. The van der Waals surface area contributed by atoms with E-state index in [0.29, 0.717) is 26.1 Å². The zero-order valence-corrected chi connectivity index (χ0v) is 17.9. The Hall–Kier alpha value is -2.45. The molecular weight excluding hydrogens is 382 g/mol. The summed E-state index contributed by atoms with van der Waals surface area (Å²) in [7, 11) is 4.64. The van der Waals surface area contributed by atoms with E-state index in [4.69, 9.17) is 17.0 Å². The number of rotatable bonds is 4. The van der Waals surface area contributed by atoms with Gasteiger partial charge in [0.05, 0.1) is 17.6 Å². The Kier molecular flexibility index (Phi) is 6.56. The van der Waals surface area contributed by atoms with Crippen molar-refractivity contribution in [1.29, 1.82) is 0 Å². The number of nitrogens with one attached hydrogen (secondary N) is 2. The van der Waals surface area contributed by atoms with Crippen LogP contribution in [0, 0.1) is 20.8 Å². The Morgan fingerprint density at radius 1 is 1.11 bits per heavy atom. The lowest BCUT2D eigenvalue weighted by Gasteiger charge is -2.13. The van der Waals surface area contributed by atoms with Gasteiger partial charge in [-0.05, 0) is 55.7 Å². The average Bonchev–Trinajstić information content (AvgIpc) is 2.93. The maximum Gasteiger partial charge on any atom is 0.341 e. The monoisotopic (exact) mass is 405 g/mol. The van der Waals surface area contributed by atoms with Crippen LogP contribution in [0.2, 0.25) is 0 Å². The van der Waals surface area contributed by atoms with E-state index < -0.39 is 5.97 Å². The quantitative estimate of drug-likeness (QED) is 0.592. The fourth-order valence-electron chi connectivity index (χ4n) is 2.50. The molecule has 8 heteroatoms. The van der Waals surface area contributed by atoms with Gasteiger partial charge in [-0.2, -0.15) is 0 Å². The number of ether oxygens (including phenoxy) is 1. The number of nitrogens with zero attached hydrogens (tertiary/aromatic N) is 1. The summed E-state index contributed by atoms with van der Waals surface area (Å²) < 4.78 is 4.89. The van der Waals surface area contributed by atoms with E-state index in [1.54, 1.807) is 21.0 Å². The predicted octanol–water partition coefficient (Wildman–Crippen LogP) is 3.97. The molecule has 6 nitrogen and oxygen atoms in total. The molecule has 1 aromatic heterocycles. The Morgan fingerprint density at radius 2 is 1.78 bits per heavy atom. The molecule has 0 aliphatic rings. The highest BCUT2D eigenvalue weighted by Gasteiger charge is 2.26. The van der Waals surface area contributed by atoms with Crippen LogP contribution in [0.5, 0.6) is 0 Å². The summed E-state index contributed by atoms with van der Waals surface area (Å²) in [4.78, 5) is 26.6. The van der Waals surface area contributed by atoms with Gasteiger partial charge in [-0.25, -0.2) is 4.79 Å². The van der Waals surface area contributed by atoms with E-state index in [2.05, 4.69) is 10.6 Å². The summed E-state index contributed by atoms with van der Waals surface area (Å²) in [6, 6.07) is 5.89. The molecule has 0 saturated heterocycles. The van der Waals surface area contributed by atoms with Crippen molar-refractivity contribution >= 4 is 51.2 Å². The number of methoxy groups -OCH3 is 1. The SMILES string of the molecule is COC(=O)c1c(NC(=S)Nc2cccc(C)c2C)sc(C(=O)N(C)C)c1C. The van der Waals surface area contributed by atoms with Gasteiger partial charge in [0.15, 0.2) is 5.11 Å². The average molecular weight is 406 g/mol. The second-order valence-corrected chi connectivity index (χ2v) is 7.71. The molecule has 0 bridgehead atoms. The van der Waals surface area contributed by atoms with Crippen LogP contribution >= 0.6 is 23.6 Å². The topological polar surface area (TPSA) is 70.7 Å². The molecule has 0 aliphatic carbocycles. The van der Waals surface area contributed by atoms with Crippen LogP contribution in [0.25, 0.3) is 0 Å². The first kappa shape index (κ1) is 20.9. The van der Waals surface area contributed by atoms with E-state index in [1.165, 1.54) is 23.3 Å². The number of benzene rings is 1. The minimum Gasteiger partial charge on any atom is -0.465 e. The highest BCUT2D eigenvalue weighted by molar-refractivity contribution is 7.80. The number of esters is 1. The van der Waals surface area contributed by atoms with Crippen molar-refractivity contribution in [2.45, 2.75) is 20.8 Å². The van der Waals surface area contributed by atoms with E-state index in [-0.39, 0.29) is 5.91 Å². The lowest BCUT2D eigenvalue weighted by molar-refractivity contribution is 0.0601. The molecule has 0 fully saturated rings. The molecule has 2 rings (SSSR count). The fraction of sp³-hybridized carbons (Fsp3) is 0.316. The number of thiophene rings is 1. The van der Waals surface area contributed by atoms with Crippen LogP contribution in [0.3, 0.4) is 0 Å². The van der Waals surface area contributed by atoms with Gasteiger partial charge in [0.1, 0.15) is 5.00 Å². The molecule has 2 aromatic rings. The molecule has 1 heterocycles. The normalized spacial score (nSPS) is 10.3.